The Morgan fingerprint density at radius 3 is 2.71 bits per heavy atom. The molecule has 3 aromatic rings. The van der Waals surface area contributed by atoms with Crippen LogP contribution in [-0.2, 0) is 16.3 Å². The maximum absolute atomic E-state index is 13.4. The summed E-state index contributed by atoms with van der Waals surface area (Å²) in [4.78, 5) is 16.0. The minimum absolute atomic E-state index is 0.0788. The van der Waals surface area contributed by atoms with E-state index in [0.717, 1.165) is 63.4 Å². The first kappa shape index (κ1) is 22.4. The molecule has 2 aliphatic carbocycles. The molecule has 182 valence electrons. The molecule has 3 aliphatic rings. The van der Waals surface area contributed by atoms with Gasteiger partial charge in [-0.25, -0.2) is 8.42 Å². The average molecular weight is 492 g/mol. The molecule has 0 saturated heterocycles. The monoisotopic (exact) mass is 491 g/mol. The summed E-state index contributed by atoms with van der Waals surface area (Å²) >= 11 is 0. The maximum Gasteiger partial charge on any atom is 0.261 e. The van der Waals surface area contributed by atoms with Crippen molar-refractivity contribution in [2.45, 2.75) is 79.9 Å². The summed E-state index contributed by atoms with van der Waals surface area (Å²) in [6.07, 6.45) is 10.3. The van der Waals surface area contributed by atoms with Crippen LogP contribution in [0.5, 0.6) is 0 Å². The van der Waals surface area contributed by atoms with Gasteiger partial charge in [0.15, 0.2) is 15.7 Å². The summed E-state index contributed by atoms with van der Waals surface area (Å²) in [5.41, 5.74) is 2.01. The van der Waals surface area contributed by atoms with Crippen molar-refractivity contribution in [1.82, 2.24) is 14.8 Å². The molecule has 9 heteroatoms. The number of aromatic amines is 1. The van der Waals surface area contributed by atoms with Crippen LogP contribution in [0.2, 0.25) is 0 Å². The number of benzene rings is 1. The van der Waals surface area contributed by atoms with Gasteiger partial charge in [0, 0.05) is 11.9 Å². The molecule has 2 fully saturated rings. The summed E-state index contributed by atoms with van der Waals surface area (Å²) in [5, 5.41) is 18.2. The molecule has 0 radical (unpaired) electrons. The molecule has 0 amide bonds. The highest BCUT2D eigenvalue weighted by atomic mass is 32.2. The molecular formula is C26H29N5O3S. The second-order valence-corrected chi connectivity index (χ2v) is 12.6. The molecular weight excluding hydrogens is 462 g/mol. The number of pyridine rings is 1. The fourth-order valence-electron chi connectivity index (χ4n) is 6.51. The van der Waals surface area contributed by atoms with E-state index in [9.17, 15) is 18.5 Å². The van der Waals surface area contributed by atoms with Crippen molar-refractivity contribution >= 4 is 32.2 Å². The van der Waals surface area contributed by atoms with E-state index < -0.39 is 14.6 Å². The lowest BCUT2D eigenvalue weighted by atomic mass is 9.84. The highest BCUT2D eigenvalue weighted by molar-refractivity contribution is 7.93. The van der Waals surface area contributed by atoms with E-state index in [4.69, 9.17) is 5.10 Å². The molecule has 1 aliphatic heterocycles. The van der Waals surface area contributed by atoms with Crippen LogP contribution in [0.25, 0.3) is 10.9 Å². The Kier molecular flexibility index (Phi) is 5.26. The molecule has 1 spiro atoms. The van der Waals surface area contributed by atoms with Crippen LogP contribution in [0, 0.1) is 17.2 Å². The van der Waals surface area contributed by atoms with Gasteiger partial charge >= 0.3 is 0 Å². The maximum atomic E-state index is 13.4. The van der Waals surface area contributed by atoms with Gasteiger partial charge in [-0.15, -0.1) is 0 Å². The SMILES string of the molecule is N#CC1CCCCC1n1nc(Nc2ccc3c(c2)CC2(CCCCC2)S3(=O)=O)c2c(=O)[nH]ccc21. The predicted octanol–water partition coefficient (Wildman–Crippen LogP) is 4.76. The van der Waals surface area contributed by atoms with Crippen LogP contribution in [0.3, 0.4) is 0 Å². The van der Waals surface area contributed by atoms with Gasteiger partial charge in [0.2, 0.25) is 0 Å². The van der Waals surface area contributed by atoms with E-state index >= 15 is 0 Å². The molecule has 2 unspecified atom stereocenters. The fourth-order valence-corrected chi connectivity index (χ4v) is 8.87. The van der Waals surface area contributed by atoms with Crippen molar-refractivity contribution in [3.8, 4) is 6.07 Å². The van der Waals surface area contributed by atoms with E-state index in [0.29, 0.717) is 33.7 Å². The van der Waals surface area contributed by atoms with Crippen LogP contribution in [0.1, 0.15) is 69.4 Å². The van der Waals surface area contributed by atoms with Crippen LogP contribution < -0.4 is 10.9 Å². The normalized spacial score (nSPS) is 24.8. The predicted molar refractivity (Wildman–Crippen MR) is 133 cm³/mol. The molecule has 35 heavy (non-hydrogen) atoms. The standard InChI is InChI=1S/C26H29N5O3S/c27-16-17-6-2-3-7-20(17)31-21-10-13-28-25(32)23(21)24(30-31)29-19-8-9-22-18(14-19)15-26(35(22,33)34)11-4-1-5-12-26/h8-10,13-14,17,20H,1-7,11-12,15H2,(H,28,32)(H,29,30). The third-order valence-electron chi connectivity index (χ3n) is 8.30. The highest BCUT2D eigenvalue weighted by Crippen LogP contribution is 2.48. The summed E-state index contributed by atoms with van der Waals surface area (Å²) < 4.78 is 27.9. The lowest BCUT2D eigenvalue weighted by molar-refractivity contribution is 0.277. The van der Waals surface area contributed by atoms with Crippen LogP contribution in [0.15, 0.2) is 40.2 Å². The number of anilines is 2. The fraction of sp³-hybridized carbons (Fsp3) is 0.500. The number of fused-ring (bicyclic) bond motifs is 2. The summed E-state index contributed by atoms with van der Waals surface area (Å²) in [5.74, 6) is 0.285. The van der Waals surface area contributed by atoms with Crippen molar-refractivity contribution in [3.05, 3.63) is 46.4 Å². The Morgan fingerprint density at radius 2 is 1.91 bits per heavy atom. The summed E-state index contributed by atoms with van der Waals surface area (Å²) in [7, 11) is -3.35. The number of H-pyrrole nitrogens is 1. The van der Waals surface area contributed by atoms with Gasteiger partial charge in [-0.1, -0.05) is 32.1 Å². The van der Waals surface area contributed by atoms with Crippen LogP contribution >= 0.6 is 0 Å². The second kappa shape index (κ2) is 8.23. The highest BCUT2D eigenvalue weighted by Gasteiger charge is 2.51. The van der Waals surface area contributed by atoms with Crippen molar-refractivity contribution in [2.24, 2.45) is 5.92 Å². The number of rotatable bonds is 3. The largest absolute Gasteiger partial charge is 0.338 e. The number of hydrogen-bond donors (Lipinski definition) is 2. The van der Waals surface area contributed by atoms with Crippen molar-refractivity contribution < 1.29 is 8.42 Å². The van der Waals surface area contributed by atoms with Gasteiger partial charge in [0.1, 0.15) is 5.39 Å². The lowest BCUT2D eigenvalue weighted by Crippen LogP contribution is -2.38. The quantitative estimate of drug-likeness (QED) is 0.545. The molecule has 8 nitrogen and oxygen atoms in total. The number of nitriles is 1. The smallest absolute Gasteiger partial charge is 0.261 e. The van der Waals surface area contributed by atoms with E-state index in [1.165, 1.54) is 0 Å². The van der Waals surface area contributed by atoms with Crippen LogP contribution in [-0.4, -0.2) is 27.9 Å². The number of aromatic nitrogens is 3. The third-order valence-corrected chi connectivity index (χ3v) is 11.0. The van der Waals surface area contributed by atoms with Gasteiger partial charge < -0.3 is 10.3 Å². The molecule has 3 heterocycles. The molecule has 6 rings (SSSR count). The summed E-state index contributed by atoms with van der Waals surface area (Å²) in [6.45, 7) is 0. The van der Waals surface area contributed by atoms with Gasteiger partial charge in [0.25, 0.3) is 5.56 Å². The van der Waals surface area contributed by atoms with Crippen molar-refractivity contribution in [2.75, 3.05) is 5.32 Å². The van der Waals surface area contributed by atoms with E-state index in [2.05, 4.69) is 16.4 Å². The zero-order valence-electron chi connectivity index (χ0n) is 19.6. The Bertz CT molecular complexity index is 1510. The Hall–Kier alpha value is -3.12. The molecule has 2 aromatic heterocycles. The zero-order chi connectivity index (χ0) is 24.2. The van der Waals surface area contributed by atoms with Crippen molar-refractivity contribution in [3.63, 3.8) is 0 Å². The topological polar surface area (TPSA) is 121 Å². The first-order chi connectivity index (χ1) is 16.9. The lowest BCUT2D eigenvalue weighted by Gasteiger charge is -2.31. The number of nitrogens with one attached hydrogen (secondary N) is 2. The molecule has 0 bridgehead atoms. The second-order valence-electron chi connectivity index (χ2n) is 10.3. The minimum Gasteiger partial charge on any atom is -0.338 e. The molecule has 2 atom stereocenters. The van der Waals surface area contributed by atoms with Gasteiger partial charge in [-0.2, -0.15) is 10.4 Å². The first-order valence-electron chi connectivity index (χ1n) is 12.6. The molecule has 2 saturated carbocycles. The first-order valence-corrected chi connectivity index (χ1v) is 14.1. The van der Waals surface area contributed by atoms with Gasteiger partial charge in [-0.05, 0) is 61.9 Å². The Balaban J connectivity index is 1.39. The average Bonchev–Trinajstić information content (AvgIpc) is 3.32. The van der Waals surface area contributed by atoms with Gasteiger partial charge in [0.05, 0.1) is 33.2 Å². The van der Waals surface area contributed by atoms with E-state index in [-0.39, 0.29) is 17.5 Å². The number of hydrogen-bond acceptors (Lipinski definition) is 6. The minimum atomic E-state index is -3.35. The number of nitrogens with zero attached hydrogens (tertiary/aromatic N) is 3. The summed E-state index contributed by atoms with van der Waals surface area (Å²) in [6, 6.07) is 9.55. The molecule has 2 N–H and O–H groups in total. The molecule has 1 aromatic carbocycles. The van der Waals surface area contributed by atoms with Crippen LogP contribution in [0.4, 0.5) is 11.5 Å². The zero-order valence-corrected chi connectivity index (χ0v) is 20.4. The Morgan fingerprint density at radius 1 is 1.11 bits per heavy atom. The van der Waals surface area contributed by atoms with E-state index in [1.807, 2.05) is 16.8 Å². The van der Waals surface area contributed by atoms with Gasteiger partial charge in [-0.3, -0.25) is 9.48 Å². The Labute approximate surface area is 204 Å². The third kappa shape index (κ3) is 3.41. The number of sulfone groups is 1. The van der Waals surface area contributed by atoms with Crippen molar-refractivity contribution in [1.29, 1.82) is 5.26 Å². The van der Waals surface area contributed by atoms with E-state index in [1.54, 1.807) is 18.3 Å².